The Hall–Kier alpha value is -2.21. The minimum absolute atomic E-state index is 0.224. The van der Waals surface area contributed by atoms with Crippen LogP contribution >= 0.6 is 15.9 Å². The van der Waals surface area contributed by atoms with Crippen molar-refractivity contribution < 1.29 is 18.7 Å². The molecule has 0 atom stereocenters. The van der Waals surface area contributed by atoms with Gasteiger partial charge in [-0.05, 0) is 55.3 Å². The fraction of sp³-hybridized carbons (Fsp3) is 0.176. The number of rotatable bonds is 4. The van der Waals surface area contributed by atoms with Crippen LogP contribution in [0.15, 0.2) is 40.9 Å². The Morgan fingerprint density at radius 3 is 2.43 bits per heavy atom. The molecule has 1 N–H and O–H groups in total. The molecule has 1 amide bonds. The number of amides is 1. The van der Waals surface area contributed by atoms with Crippen molar-refractivity contribution in [1.29, 1.82) is 0 Å². The molecule has 23 heavy (non-hydrogen) atoms. The zero-order valence-corrected chi connectivity index (χ0v) is 14.2. The summed E-state index contributed by atoms with van der Waals surface area (Å²) in [6, 6.07) is 9.52. The van der Waals surface area contributed by atoms with Crippen molar-refractivity contribution in [2.24, 2.45) is 0 Å². The third kappa shape index (κ3) is 4.89. The summed E-state index contributed by atoms with van der Waals surface area (Å²) in [5.41, 5.74) is 2.41. The monoisotopic (exact) mass is 379 g/mol. The van der Waals surface area contributed by atoms with Gasteiger partial charge in [-0.25, -0.2) is 9.18 Å². The highest BCUT2D eigenvalue weighted by atomic mass is 79.9. The van der Waals surface area contributed by atoms with Gasteiger partial charge in [0.05, 0.1) is 5.56 Å². The minimum atomic E-state index is -0.889. The number of hydrogen-bond acceptors (Lipinski definition) is 3. The van der Waals surface area contributed by atoms with Crippen LogP contribution in [-0.4, -0.2) is 18.5 Å². The van der Waals surface area contributed by atoms with E-state index in [4.69, 9.17) is 4.74 Å². The quantitative estimate of drug-likeness (QED) is 0.816. The first-order chi connectivity index (χ1) is 10.8. The summed E-state index contributed by atoms with van der Waals surface area (Å²) in [5, 5.41) is 2.64. The average molecular weight is 380 g/mol. The van der Waals surface area contributed by atoms with E-state index in [9.17, 15) is 14.0 Å². The molecule has 0 fully saturated rings. The second-order valence-electron chi connectivity index (χ2n) is 5.12. The van der Waals surface area contributed by atoms with Crippen LogP contribution < -0.4 is 5.32 Å². The van der Waals surface area contributed by atoms with E-state index in [1.54, 1.807) is 12.1 Å². The Morgan fingerprint density at radius 1 is 1.13 bits per heavy atom. The predicted molar refractivity (Wildman–Crippen MR) is 88.9 cm³/mol. The van der Waals surface area contributed by atoms with Crippen LogP contribution in [-0.2, 0) is 9.53 Å². The molecular formula is C17H15BrFNO3. The molecule has 0 bridgehead atoms. The maximum Gasteiger partial charge on any atom is 0.341 e. The van der Waals surface area contributed by atoms with Crippen molar-refractivity contribution in [1.82, 2.24) is 0 Å². The number of hydrogen-bond donors (Lipinski definition) is 1. The number of esters is 1. The first-order valence-electron chi connectivity index (χ1n) is 6.85. The summed E-state index contributed by atoms with van der Waals surface area (Å²) in [4.78, 5) is 23.7. The Balaban J connectivity index is 1.96. The van der Waals surface area contributed by atoms with Gasteiger partial charge in [0, 0.05) is 10.2 Å². The van der Waals surface area contributed by atoms with Gasteiger partial charge in [-0.2, -0.15) is 0 Å². The molecule has 4 nitrogen and oxygen atoms in total. The fourth-order valence-electron chi connectivity index (χ4n) is 2.11. The Bertz CT molecular complexity index is 741. The van der Waals surface area contributed by atoms with Crippen LogP contribution in [0.5, 0.6) is 0 Å². The molecule has 0 heterocycles. The lowest BCUT2D eigenvalue weighted by atomic mass is 10.1. The maximum atomic E-state index is 13.6. The second kappa shape index (κ2) is 7.37. The first kappa shape index (κ1) is 17.1. The van der Waals surface area contributed by atoms with Crippen molar-refractivity contribution >= 4 is 33.5 Å². The third-order valence-electron chi connectivity index (χ3n) is 2.99. The first-order valence-corrected chi connectivity index (χ1v) is 7.65. The largest absolute Gasteiger partial charge is 0.452 e. The summed E-state index contributed by atoms with van der Waals surface area (Å²) in [5.74, 6) is -2.08. The lowest BCUT2D eigenvalue weighted by Crippen LogP contribution is -2.21. The summed E-state index contributed by atoms with van der Waals surface area (Å²) >= 11 is 3.15. The van der Waals surface area contributed by atoms with Crippen LogP contribution in [0, 0.1) is 19.7 Å². The van der Waals surface area contributed by atoms with E-state index in [1.165, 1.54) is 12.1 Å². The Kier molecular flexibility index (Phi) is 5.50. The molecule has 2 aromatic carbocycles. The number of anilines is 1. The van der Waals surface area contributed by atoms with Gasteiger partial charge in [0.2, 0.25) is 0 Å². The maximum absolute atomic E-state index is 13.6. The topological polar surface area (TPSA) is 55.4 Å². The molecule has 0 aliphatic rings. The van der Waals surface area contributed by atoms with Crippen molar-refractivity contribution in [2.75, 3.05) is 11.9 Å². The number of carbonyl (C=O) groups excluding carboxylic acids is 2. The highest BCUT2D eigenvalue weighted by Gasteiger charge is 2.15. The van der Waals surface area contributed by atoms with E-state index in [0.29, 0.717) is 10.2 Å². The zero-order chi connectivity index (χ0) is 17.0. The molecule has 0 saturated heterocycles. The molecule has 0 unspecified atom stereocenters. The Labute approximate surface area is 141 Å². The molecule has 0 radical (unpaired) electrons. The van der Waals surface area contributed by atoms with Crippen molar-refractivity contribution in [3.8, 4) is 0 Å². The zero-order valence-electron chi connectivity index (χ0n) is 12.7. The number of ether oxygens (including phenoxy) is 1. The van der Waals surface area contributed by atoms with E-state index < -0.39 is 24.3 Å². The number of nitrogens with one attached hydrogen (secondary N) is 1. The normalized spacial score (nSPS) is 10.3. The summed E-state index contributed by atoms with van der Waals surface area (Å²) < 4.78 is 19.0. The predicted octanol–water partition coefficient (Wildman–Crippen LogP) is 4.00. The van der Waals surface area contributed by atoms with Crippen LogP contribution in [0.25, 0.3) is 0 Å². The van der Waals surface area contributed by atoms with Gasteiger partial charge in [0.1, 0.15) is 5.82 Å². The van der Waals surface area contributed by atoms with Crippen molar-refractivity contribution in [3.05, 3.63) is 63.4 Å². The molecule has 6 heteroatoms. The number of aryl methyl sites for hydroxylation is 2. The lowest BCUT2D eigenvalue weighted by Gasteiger charge is -2.09. The fourth-order valence-corrected chi connectivity index (χ4v) is 2.47. The molecule has 0 aliphatic heterocycles. The second-order valence-corrected chi connectivity index (χ2v) is 6.04. The van der Waals surface area contributed by atoms with Gasteiger partial charge in [-0.15, -0.1) is 0 Å². The van der Waals surface area contributed by atoms with Gasteiger partial charge in [-0.1, -0.05) is 22.0 Å². The van der Waals surface area contributed by atoms with E-state index in [-0.39, 0.29) is 5.56 Å². The summed E-state index contributed by atoms with van der Waals surface area (Å²) in [6.07, 6.45) is 0. The van der Waals surface area contributed by atoms with Crippen LogP contribution in [0.1, 0.15) is 21.5 Å². The van der Waals surface area contributed by atoms with Crippen LogP contribution in [0.2, 0.25) is 0 Å². The van der Waals surface area contributed by atoms with Crippen molar-refractivity contribution in [2.45, 2.75) is 13.8 Å². The smallest absolute Gasteiger partial charge is 0.341 e. The molecule has 0 aromatic heterocycles. The molecule has 120 valence electrons. The van der Waals surface area contributed by atoms with Crippen molar-refractivity contribution in [3.63, 3.8) is 0 Å². The summed E-state index contributed by atoms with van der Waals surface area (Å²) in [7, 11) is 0. The van der Waals surface area contributed by atoms with Gasteiger partial charge in [0.15, 0.2) is 6.61 Å². The molecule has 0 aliphatic carbocycles. The number of benzene rings is 2. The van der Waals surface area contributed by atoms with E-state index in [2.05, 4.69) is 21.2 Å². The number of carbonyl (C=O) groups is 2. The van der Waals surface area contributed by atoms with Crippen LogP contribution in [0.3, 0.4) is 0 Å². The van der Waals surface area contributed by atoms with Gasteiger partial charge >= 0.3 is 5.97 Å². The van der Waals surface area contributed by atoms with E-state index in [1.807, 2.05) is 19.9 Å². The molecular weight excluding hydrogens is 365 g/mol. The van der Waals surface area contributed by atoms with Gasteiger partial charge in [0.25, 0.3) is 5.91 Å². The SMILES string of the molecule is Cc1cc(C)cc(NC(=O)COC(=O)c2cc(Br)ccc2F)c1. The van der Waals surface area contributed by atoms with Gasteiger partial charge < -0.3 is 10.1 Å². The molecule has 0 spiro atoms. The molecule has 2 rings (SSSR count). The molecule has 2 aromatic rings. The highest BCUT2D eigenvalue weighted by Crippen LogP contribution is 2.17. The minimum Gasteiger partial charge on any atom is -0.452 e. The van der Waals surface area contributed by atoms with E-state index >= 15 is 0 Å². The third-order valence-corrected chi connectivity index (χ3v) is 3.48. The summed E-state index contributed by atoms with van der Waals surface area (Å²) in [6.45, 7) is 3.34. The standard InChI is InChI=1S/C17H15BrFNO3/c1-10-5-11(2)7-13(6-10)20-16(21)9-23-17(22)14-8-12(18)3-4-15(14)19/h3-8H,9H2,1-2H3,(H,20,21). The highest BCUT2D eigenvalue weighted by molar-refractivity contribution is 9.10. The average Bonchev–Trinajstić information content (AvgIpc) is 2.46. The lowest BCUT2D eigenvalue weighted by molar-refractivity contribution is -0.119. The molecule has 0 saturated carbocycles. The Morgan fingerprint density at radius 2 is 1.78 bits per heavy atom. The van der Waals surface area contributed by atoms with Gasteiger partial charge in [-0.3, -0.25) is 4.79 Å². The van der Waals surface area contributed by atoms with E-state index in [0.717, 1.165) is 17.2 Å². The number of halogens is 2. The van der Waals surface area contributed by atoms with Crippen LogP contribution in [0.4, 0.5) is 10.1 Å².